The summed E-state index contributed by atoms with van der Waals surface area (Å²) in [7, 11) is 0. The Bertz CT molecular complexity index is 872. The van der Waals surface area contributed by atoms with Crippen molar-refractivity contribution in [2.75, 3.05) is 6.61 Å². The fourth-order valence-corrected chi connectivity index (χ4v) is 4.69. The zero-order valence-corrected chi connectivity index (χ0v) is 17.5. The second-order valence-corrected chi connectivity index (χ2v) is 8.24. The van der Waals surface area contributed by atoms with Gasteiger partial charge >= 0.3 is 0 Å². The second kappa shape index (κ2) is 8.48. The molecule has 1 N–H and O–H groups in total. The number of aryl methyl sites for hydroxylation is 1. The van der Waals surface area contributed by atoms with Crippen molar-refractivity contribution in [1.82, 2.24) is 5.32 Å². The van der Waals surface area contributed by atoms with E-state index in [9.17, 15) is 4.79 Å². The van der Waals surface area contributed by atoms with Crippen LogP contribution in [0.1, 0.15) is 68.7 Å². The lowest BCUT2D eigenvalue weighted by molar-refractivity contribution is -0.124. The minimum absolute atomic E-state index is 0.0429. The molecule has 154 valence electrons. The topological polar surface area (TPSA) is 47.6 Å². The van der Waals surface area contributed by atoms with Crippen LogP contribution in [-0.4, -0.2) is 18.1 Å². The van der Waals surface area contributed by atoms with Gasteiger partial charge in [-0.05, 0) is 61.8 Å². The molecule has 4 nitrogen and oxygen atoms in total. The van der Waals surface area contributed by atoms with Crippen LogP contribution < -0.4 is 14.8 Å². The number of hydrogen-bond acceptors (Lipinski definition) is 3. The molecular formula is C25H31NO3. The minimum atomic E-state index is -0.230. The standard InChI is InChI=1S/C25H31NO3/c1-3-25(4-2)16-21(20-13-7-8-14-23(20)29-25)26-24(27)17-28-22-15-9-11-18-10-5-6-12-19(18)22/h7-9,11,13-15,21H,3-6,10,12,16-17H2,1-2H3,(H,26,27)/t21-/m0/s1. The van der Waals surface area contributed by atoms with E-state index < -0.39 is 0 Å². The molecule has 4 rings (SSSR count). The summed E-state index contributed by atoms with van der Waals surface area (Å²) >= 11 is 0. The Kier molecular flexibility index (Phi) is 5.79. The number of carbonyl (C=O) groups is 1. The number of fused-ring (bicyclic) bond motifs is 2. The van der Waals surface area contributed by atoms with Crippen molar-refractivity contribution in [2.24, 2.45) is 0 Å². The lowest BCUT2D eigenvalue weighted by Gasteiger charge is -2.41. The van der Waals surface area contributed by atoms with E-state index in [1.54, 1.807) is 0 Å². The fourth-order valence-electron chi connectivity index (χ4n) is 4.69. The van der Waals surface area contributed by atoms with E-state index in [0.29, 0.717) is 0 Å². The molecule has 0 aromatic heterocycles. The van der Waals surface area contributed by atoms with Crippen LogP contribution in [0.15, 0.2) is 42.5 Å². The van der Waals surface area contributed by atoms with E-state index in [-0.39, 0.29) is 24.2 Å². The number of nitrogens with one attached hydrogen (secondary N) is 1. The van der Waals surface area contributed by atoms with Crippen LogP contribution in [0, 0.1) is 0 Å². The molecule has 4 heteroatoms. The van der Waals surface area contributed by atoms with Crippen molar-refractivity contribution >= 4 is 5.91 Å². The second-order valence-electron chi connectivity index (χ2n) is 8.24. The molecule has 0 unspecified atom stereocenters. The van der Waals surface area contributed by atoms with Gasteiger partial charge in [0.2, 0.25) is 0 Å². The van der Waals surface area contributed by atoms with Gasteiger partial charge in [0.15, 0.2) is 6.61 Å². The van der Waals surface area contributed by atoms with E-state index in [0.717, 1.165) is 49.2 Å². The van der Waals surface area contributed by atoms with Crippen LogP contribution in [0.5, 0.6) is 11.5 Å². The first-order chi connectivity index (χ1) is 14.1. The molecule has 2 aromatic rings. The van der Waals surface area contributed by atoms with Gasteiger partial charge in [0.1, 0.15) is 17.1 Å². The van der Waals surface area contributed by atoms with Gasteiger partial charge in [-0.2, -0.15) is 0 Å². The smallest absolute Gasteiger partial charge is 0.258 e. The number of benzene rings is 2. The number of hydrogen-bond donors (Lipinski definition) is 1. The van der Waals surface area contributed by atoms with Gasteiger partial charge < -0.3 is 14.8 Å². The Labute approximate surface area is 173 Å². The first kappa shape index (κ1) is 19.8. The summed E-state index contributed by atoms with van der Waals surface area (Å²) in [6.45, 7) is 4.34. The molecule has 1 amide bonds. The van der Waals surface area contributed by atoms with Gasteiger partial charge in [-0.1, -0.05) is 44.2 Å². The van der Waals surface area contributed by atoms with E-state index in [1.165, 1.54) is 24.0 Å². The van der Waals surface area contributed by atoms with Crippen LogP contribution in [0.2, 0.25) is 0 Å². The molecule has 0 saturated carbocycles. The quantitative estimate of drug-likeness (QED) is 0.739. The zero-order chi connectivity index (χ0) is 20.3. The molecule has 2 aromatic carbocycles. The van der Waals surface area contributed by atoms with Crippen molar-refractivity contribution in [2.45, 2.75) is 70.4 Å². The highest BCUT2D eigenvalue weighted by molar-refractivity contribution is 5.78. The van der Waals surface area contributed by atoms with Gasteiger partial charge in [0.25, 0.3) is 5.91 Å². The maximum atomic E-state index is 12.8. The monoisotopic (exact) mass is 393 g/mol. The molecule has 0 fully saturated rings. The molecule has 0 radical (unpaired) electrons. The van der Waals surface area contributed by atoms with Crippen LogP contribution in [0.4, 0.5) is 0 Å². The van der Waals surface area contributed by atoms with E-state index in [2.05, 4.69) is 25.2 Å². The first-order valence-electron chi connectivity index (χ1n) is 10.9. The molecule has 1 aliphatic carbocycles. The van der Waals surface area contributed by atoms with Gasteiger partial charge in [-0.15, -0.1) is 0 Å². The molecule has 2 aliphatic rings. The SMILES string of the molecule is CCC1(CC)C[C@H](NC(=O)COc2cccc3c2CCCC3)c2ccccc2O1. The van der Waals surface area contributed by atoms with E-state index in [4.69, 9.17) is 9.47 Å². The van der Waals surface area contributed by atoms with E-state index in [1.807, 2.05) is 36.4 Å². The predicted octanol–water partition coefficient (Wildman–Crippen LogP) is 5.14. The average molecular weight is 394 g/mol. The lowest BCUT2D eigenvalue weighted by atomic mass is 9.83. The molecule has 0 spiro atoms. The normalized spacial score (nSPS) is 19.4. The summed E-state index contributed by atoms with van der Waals surface area (Å²) in [4.78, 5) is 12.8. The Morgan fingerprint density at radius 3 is 2.72 bits per heavy atom. The summed E-state index contributed by atoms with van der Waals surface area (Å²) in [5.74, 6) is 1.66. The van der Waals surface area contributed by atoms with Crippen molar-refractivity contribution in [1.29, 1.82) is 0 Å². The number of para-hydroxylation sites is 1. The zero-order valence-electron chi connectivity index (χ0n) is 17.5. The summed E-state index contributed by atoms with van der Waals surface area (Å²) in [6, 6.07) is 14.2. The molecule has 29 heavy (non-hydrogen) atoms. The summed E-state index contributed by atoms with van der Waals surface area (Å²) in [6.07, 6.45) is 7.17. The summed E-state index contributed by atoms with van der Waals surface area (Å²) < 4.78 is 12.3. The van der Waals surface area contributed by atoms with Crippen molar-refractivity contribution in [3.63, 3.8) is 0 Å². The van der Waals surface area contributed by atoms with Crippen molar-refractivity contribution in [3.8, 4) is 11.5 Å². The van der Waals surface area contributed by atoms with Gasteiger partial charge in [-0.25, -0.2) is 0 Å². The largest absolute Gasteiger partial charge is 0.487 e. The van der Waals surface area contributed by atoms with Gasteiger partial charge in [0, 0.05) is 12.0 Å². The number of rotatable bonds is 6. The number of amides is 1. The fraction of sp³-hybridized carbons (Fsp3) is 0.480. The molecule has 0 saturated heterocycles. The van der Waals surface area contributed by atoms with Crippen LogP contribution in [0.3, 0.4) is 0 Å². The molecule has 0 bridgehead atoms. The van der Waals surface area contributed by atoms with Crippen molar-refractivity contribution < 1.29 is 14.3 Å². The average Bonchev–Trinajstić information content (AvgIpc) is 2.77. The van der Waals surface area contributed by atoms with Gasteiger partial charge in [0.05, 0.1) is 6.04 Å². The molecular weight excluding hydrogens is 362 g/mol. The van der Waals surface area contributed by atoms with Crippen molar-refractivity contribution in [3.05, 3.63) is 59.2 Å². The number of carbonyl (C=O) groups excluding carboxylic acids is 1. The molecule has 1 atom stereocenters. The maximum absolute atomic E-state index is 12.8. The first-order valence-corrected chi connectivity index (χ1v) is 10.9. The van der Waals surface area contributed by atoms with Crippen LogP contribution in [-0.2, 0) is 17.6 Å². The molecule has 1 heterocycles. The van der Waals surface area contributed by atoms with Gasteiger partial charge in [-0.3, -0.25) is 4.79 Å². The Balaban J connectivity index is 1.46. The predicted molar refractivity (Wildman–Crippen MR) is 114 cm³/mol. The lowest BCUT2D eigenvalue weighted by Crippen LogP contribution is -2.45. The van der Waals surface area contributed by atoms with E-state index >= 15 is 0 Å². The van der Waals surface area contributed by atoms with Crippen LogP contribution >= 0.6 is 0 Å². The minimum Gasteiger partial charge on any atom is -0.487 e. The third-order valence-corrected chi connectivity index (χ3v) is 6.53. The maximum Gasteiger partial charge on any atom is 0.258 e. The Morgan fingerprint density at radius 2 is 1.90 bits per heavy atom. The number of ether oxygens (including phenoxy) is 2. The Hall–Kier alpha value is -2.49. The summed E-state index contributed by atoms with van der Waals surface area (Å²) in [5.41, 5.74) is 3.46. The summed E-state index contributed by atoms with van der Waals surface area (Å²) in [5, 5.41) is 3.20. The highest BCUT2D eigenvalue weighted by Crippen LogP contribution is 2.42. The third kappa shape index (κ3) is 4.12. The Morgan fingerprint density at radius 1 is 1.10 bits per heavy atom. The molecule has 1 aliphatic heterocycles. The van der Waals surface area contributed by atoms with Crippen LogP contribution in [0.25, 0.3) is 0 Å². The highest BCUT2D eigenvalue weighted by Gasteiger charge is 2.38. The highest BCUT2D eigenvalue weighted by atomic mass is 16.5. The third-order valence-electron chi connectivity index (χ3n) is 6.53.